The molecule has 1 unspecified atom stereocenters. The number of rotatable bonds is 5. The fourth-order valence-electron chi connectivity index (χ4n) is 2.42. The zero-order valence-electron chi connectivity index (χ0n) is 13.9. The van der Waals surface area contributed by atoms with Crippen LogP contribution >= 0.6 is 0 Å². The van der Waals surface area contributed by atoms with Crippen molar-refractivity contribution in [2.45, 2.75) is 39.2 Å². The van der Waals surface area contributed by atoms with Gasteiger partial charge in [-0.3, -0.25) is 9.59 Å². The number of hydrogen-bond acceptors (Lipinski definition) is 4. The van der Waals surface area contributed by atoms with E-state index in [1.807, 2.05) is 32.0 Å². The first kappa shape index (κ1) is 17.7. The maximum absolute atomic E-state index is 12.3. The van der Waals surface area contributed by atoms with E-state index < -0.39 is 11.9 Å². The van der Waals surface area contributed by atoms with Crippen molar-refractivity contribution >= 4 is 23.2 Å². The van der Waals surface area contributed by atoms with Gasteiger partial charge in [-0.2, -0.15) is 5.10 Å². The molecule has 1 aliphatic heterocycles. The summed E-state index contributed by atoms with van der Waals surface area (Å²) in [5.41, 5.74) is 2.84. The number of benzene rings is 1. The van der Waals surface area contributed by atoms with Crippen LogP contribution in [0.1, 0.15) is 30.4 Å². The molecule has 6 heteroatoms. The second-order valence-corrected chi connectivity index (χ2v) is 5.80. The van der Waals surface area contributed by atoms with Crippen molar-refractivity contribution in [3.63, 3.8) is 0 Å². The van der Waals surface area contributed by atoms with Gasteiger partial charge in [0, 0.05) is 19.3 Å². The minimum atomic E-state index is -0.517. The molecule has 1 aromatic rings. The minimum Gasteiger partial charge on any atom is -0.394 e. The van der Waals surface area contributed by atoms with Gasteiger partial charge in [0.05, 0.1) is 18.3 Å². The number of amides is 2. The fraction of sp³-hybridized carbons (Fsp3) is 0.389. The van der Waals surface area contributed by atoms with Gasteiger partial charge in [0.2, 0.25) is 5.91 Å². The van der Waals surface area contributed by atoms with Crippen LogP contribution in [0.5, 0.6) is 0 Å². The van der Waals surface area contributed by atoms with Crippen LogP contribution in [-0.2, 0) is 9.59 Å². The van der Waals surface area contributed by atoms with Gasteiger partial charge in [-0.05, 0) is 31.0 Å². The largest absolute Gasteiger partial charge is 0.394 e. The number of nitrogens with zero attached hydrogens (tertiary/aromatic N) is 2. The zero-order valence-corrected chi connectivity index (χ0v) is 13.9. The molecule has 0 bridgehead atoms. The number of carbonyl (C=O) groups is 2. The van der Waals surface area contributed by atoms with E-state index in [1.54, 1.807) is 0 Å². The van der Waals surface area contributed by atoms with Gasteiger partial charge in [-0.15, -0.1) is 12.3 Å². The molecule has 6 nitrogen and oxygen atoms in total. The number of anilines is 1. The van der Waals surface area contributed by atoms with E-state index >= 15 is 0 Å². The summed E-state index contributed by atoms with van der Waals surface area (Å²) >= 11 is 0. The van der Waals surface area contributed by atoms with Crippen LogP contribution in [0.2, 0.25) is 0 Å². The molecule has 24 heavy (non-hydrogen) atoms. The highest BCUT2D eigenvalue weighted by Crippen LogP contribution is 2.25. The molecular formula is C18H21N3O3. The van der Waals surface area contributed by atoms with Crippen LogP contribution in [0.4, 0.5) is 5.69 Å². The third kappa shape index (κ3) is 4.00. The van der Waals surface area contributed by atoms with Gasteiger partial charge >= 0.3 is 0 Å². The fourth-order valence-corrected chi connectivity index (χ4v) is 2.42. The second-order valence-electron chi connectivity index (χ2n) is 5.80. The minimum absolute atomic E-state index is 0.150. The number of aryl methyl sites for hydroxylation is 2. The predicted octanol–water partition coefficient (Wildman–Crippen LogP) is 1.29. The molecule has 1 heterocycles. The maximum Gasteiger partial charge on any atom is 0.267 e. The van der Waals surface area contributed by atoms with Crippen molar-refractivity contribution < 1.29 is 14.7 Å². The first-order valence-electron chi connectivity index (χ1n) is 7.79. The SMILES string of the molecule is C#CCC(CO)NC(=O)C1=NN(c2cc(C)ccc2C)C(=O)CC1. The summed E-state index contributed by atoms with van der Waals surface area (Å²) in [7, 11) is 0. The van der Waals surface area contributed by atoms with E-state index in [0.29, 0.717) is 5.69 Å². The van der Waals surface area contributed by atoms with Crippen LogP contribution in [-0.4, -0.2) is 35.3 Å². The molecule has 0 aliphatic carbocycles. The Morgan fingerprint density at radius 2 is 2.21 bits per heavy atom. The molecule has 1 aliphatic rings. The van der Waals surface area contributed by atoms with Gasteiger partial charge in [-0.25, -0.2) is 5.01 Å². The summed E-state index contributed by atoms with van der Waals surface area (Å²) in [6.45, 7) is 3.57. The van der Waals surface area contributed by atoms with Gasteiger partial charge in [0.15, 0.2) is 0 Å². The Labute approximate surface area is 141 Å². The average Bonchev–Trinajstić information content (AvgIpc) is 2.57. The molecule has 0 radical (unpaired) electrons. The van der Waals surface area contributed by atoms with Crippen LogP contribution in [0.15, 0.2) is 23.3 Å². The summed E-state index contributed by atoms with van der Waals surface area (Å²) < 4.78 is 0. The standard InChI is InChI=1S/C18H21N3O3/c1-4-5-14(11-22)19-18(24)15-8-9-17(23)21(20-15)16-10-12(2)6-7-13(16)3/h1,6-7,10,14,22H,5,8-9,11H2,2-3H3,(H,19,24). The van der Waals surface area contributed by atoms with Gasteiger partial charge in [0.1, 0.15) is 5.71 Å². The van der Waals surface area contributed by atoms with Crippen LogP contribution in [0, 0.1) is 26.2 Å². The lowest BCUT2D eigenvalue weighted by molar-refractivity contribution is -0.119. The van der Waals surface area contributed by atoms with E-state index in [1.165, 1.54) is 5.01 Å². The molecule has 1 atom stereocenters. The average molecular weight is 327 g/mol. The van der Waals surface area contributed by atoms with E-state index in [0.717, 1.165) is 11.1 Å². The number of hydrogen-bond donors (Lipinski definition) is 2. The Hall–Kier alpha value is -2.65. The Balaban J connectivity index is 2.26. The van der Waals surface area contributed by atoms with E-state index in [4.69, 9.17) is 6.42 Å². The van der Waals surface area contributed by atoms with Gasteiger partial charge < -0.3 is 10.4 Å². The summed E-state index contributed by atoms with van der Waals surface area (Å²) in [5.74, 6) is 1.84. The van der Waals surface area contributed by atoms with E-state index in [-0.39, 0.29) is 37.5 Å². The normalized spacial score (nSPS) is 15.5. The third-order valence-electron chi connectivity index (χ3n) is 3.81. The summed E-state index contributed by atoms with van der Waals surface area (Å²) in [5, 5.41) is 17.4. The van der Waals surface area contributed by atoms with Crippen LogP contribution < -0.4 is 10.3 Å². The lowest BCUT2D eigenvalue weighted by Gasteiger charge is -2.25. The molecular weight excluding hydrogens is 306 g/mol. The van der Waals surface area contributed by atoms with E-state index in [9.17, 15) is 14.7 Å². The van der Waals surface area contributed by atoms with Gasteiger partial charge in [-0.1, -0.05) is 12.1 Å². The predicted molar refractivity (Wildman–Crippen MR) is 92.5 cm³/mol. The number of carbonyl (C=O) groups excluding carboxylic acids is 2. The Bertz CT molecular complexity index is 719. The van der Waals surface area contributed by atoms with Gasteiger partial charge in [0.25, 0.3) is 5.91 Å². The number of aliphatic hydroxyl groups is 1. The molecule has 126 valence electrons. The van der Waals surface area contributed by atoms with Crippen LogP contribution in [0.3, 0.4) is 0 Å². The lowest BCUT2D eigenvalue weighted by Crippen LogP contribution is -2.44. The Morgan fingerprint density at radius 3 is 2.88 bits per heavy atom. The highest BCUT2D eigenvalue weighted by Gasteiger charge is 2.27. The first-order valence-corrected chi connectivity index (χ1v) is 7.79. The number of hydrazone groups is 1. The number of nitrogens with one attached hydrogen (secondary N) is 1. The maximum atomic E-state index is 12.3. The van der Waals surface area contributed by atoms with Crippen LogP contribution in [0.25, 0.3) is 0 Å². The highest BCUT2D eigenvalue weighted by molar-refractivity contribution is 6.40. The molecule has 0 fully saturated rings. The van der Waals surface area contributed by atoms with Crippen molar-refractivity contribution in [2.24, 2.45) is 5.10 Å². The van der Waals surface area contributed by atoms with Crippen molar-refractivity contribution in [2.75, 3.05) is 11.6 Å². The van der Waals surface area contributed by atoms with Crippen molar-refractivity contribution in [1.29, 1.82) is 0 Å². The topological polar surface area (TPSA) is 82.0 Å². The molecule has 0 aromatic heterocycles. The Morgan fingerprint density at radius 1 is 1.46 bits per heavy atom. The van der Waals surface area contributed by atoms with Crippen molar-refractivity contribution in [3.8, 4) is 12.3 Å². The quantitative estimate of drug-likeness (QED) is 0.800. The molecule has 2 N–H and O–H groups in total. The molecule has 0 saturated heterocycles. The molecule has 1 aromatic carbocycles. The molecule has 2 rings (SSSR count). The third-order valence-corrected chi connectivity index (χ3v) is 3.81. The lowest BCUT2D eigenvalue weighted by atomic mass is 10.1. The molecule has 2 amide bonds. The van der Waals surface area contributed by atoms with E-state index in [2.05, 4.69) is 16.3 Å². The second kappa shape index (κ2) is 7.75. The smallest absolute Gasteiger partial charge is 0.267 e. The van der Waals surface area contributed by atoms with Crippen molar-refractivity contribution in [3.05, 3.63) is 29.3 Å². The number of aliphatic hydroxyl groups excluding tert-OH is 1. The number of terminal acetylenes is 1. The monoisotopic (exact) mass is 327 g/mol. The Kier molecular flexibility index (Phi) is 5.72. The highest BCUT2D eigenvalue weighted by atomic mass is 16.3. The van der Waals surface area contributed by atoms with Crippen molar-refractivity contribution in [1.82, 2.24) is 5.32 Å². The molecule has 0 spiro atoms. The summed E-state index contributed by atoms with van der Waals surface area (Å²) in [6, 6.07) is 5.22. The molecule has 0 saturated carbocycles. The first-order chi connectivity index (χ1) is 11.5. The summed E-state index contributed by atoms with van der Waals surface area (Å²) in [4.78, 5) is 24.5. The zero-order chi connectivity index (χ0) is 17.7. The summed E-state index contributed by atoms with van der Waals surface area (Å²) in [6.07, 6.45) is 5.91.